The Hall–Kier alpha value is -3.82. The number of imidazole rings is 1. The summed E-state index contributed by atoms with van der Waals surface area (Å²) in [4.78, 5) is 35.9. The van der Waals surface area contributed by atoms with Gasteiger partial charge in [-0.1, -0.05) is 6.58 Å². The molecular formula is C19H25N9O. The molecule has 0 unspecified atom stereocenters. The second kappa shape index (κ2) is 8.91. The Morgan fingerprint density at radius 2 is 2.14 bits per heavy atom. The highest BCUT2D eigenvalue weighted by Crippen LogP contribution is 2.18. The number of nitrogens with two attached hydrogens (primary N) is 1. The summed E-state index contributed by atoms with van der Waals surface area (Å²) in [5.74, 6) is 1.93. The van der Waals surface area contributed by atoms with Crippen molar-refractivity contribution in [1.29, 1.82) is 5.41 Å². The molecule has 1 aliphatic heterocycles. The van der Waals surface area contributed by atoms with Crippen LogP contribution in [0.2, 0.25) is 0 Å². The number of amides is 1. The lowest BCUT2D eigenvalue weighted by molar-refractivity contribution is -0.129. The van der Waals surface area contributed by atoms with Gasteiger partial charge < -0.3 is 25.9 Å². The van der Waals surface area contributed by atoms with Gasteiger partial charge in [-0.15, -0.1) is 0 Å². The summed E-state index contributed by atoms with van der Waals surface area (Å²) in [7, 11) is 0. The standard InChI is InChI=1S/C19H23N9O.H2/c1-13(15(21)3-5-20)23-12-17-24-11-16(25-17)19-22-6-4-18(26-19)28-9-7-27(8-10-28)14(2)29;/h3-6,11-12,20H,1,7-10,21H2,2H3,(H,24,25);1H/b15-3-,20-5?,23-12?;. The summed E-state index contributed by atoms with van der Waals surface area (Å²) in [5, 5.41) is 7.01. The SMILES string of the molecule is C=C(N=Cc1ncc(-c2nccc(N3CCN(C(C)=O)CC3)n2)[nH]1)/C(N)=C/C=N.[HH]. The van der Waals surface area contributed by atoms with Crippen LogP contribution in [0.25, 0.3) is 11.5 Å². The minimum Gasteiger partial charge on any atom is -0.397 e. The van der Waals surface area contributed by atoms with Gasteiger partial charge in [-0.25, -0.2) is 15.0 Å². The zero-order valence-electron chi connectivity index (χ0n) is 16.2. The average molecular weight is 395 g/mol. The van der Waals surface area contributed by atoms with E-state index >= 15 is 0 Å². The van der Waals surface area contributed by atoms with Gasteiger partial charge in [-0.2, -0.15) is 0 Å². The van der Waals surface area contributed by atoms with Gasteiger partial charge in [0.05, 0.1) is 23.8 Å². The molecule has 0 atom stereocenters. The molecule has 2 aromatic rings. The van der Waals surface area contributed by atoms with E-state index in [0.717, 1.165) is 25.1 Å². The van der Waals surface area contributed by atoms with Crippen LogP contribution in [0.15, 0.2) is 47.5 Å². The average Bonchev–Trinajstić information content (AvgIpc) is 3.21. The molecule has 1 fully saturated rings. The molecule has 0 radical (unpaired) electrons. The Morgan fingerprint density at radius 1 is 1.38 bits per heavy atom. The van der Waals surface area contributed by atoms with E-state index in [4.69, 9.17) is 11.1 Å². The number of H-pyrrole nitrogens is 1. The van der Waals surface area contributed by atoms with Crippen molar-refractivity contribution in [2.75, 3.05) is 31.1 Å². The van der Waals surface area contributed by atoms with Crippen LogP contribution in [-0.4, -0.2) is 69.4 Å². The van der Waals surface area contributed by atoms with Crippen LogP contribution in [0.4, 0.5) is 5.82 Å². The Morgan fingerprint density at radius 3 is 2.83 bits per heavy atom. The summed E-state index contributed by atoms with van der Waals surface area (Å²) >= 11 is 0. The second-order valence-electron chi connectivity index (χ2n) is 6.41. The van der Waals surface area contributed by atoms with E-state index in [1.165, 1.54) is 12.3 Å². The number of carbonyl (C=O) groups excluding carboxylic acids is 1. The summed E-state index contributed by atoms with van der Waals surface area (Å²) in [5.41, 5.74) is 7.03. The highest BCUT2D eigenvalue weighted by atomic mass is 16.2. The van der Waals surface area contributed by atoms with Crippen molar-refractivity contribution < 1.29 is 6.22 Å². The van der Waals surface area contributed by atoms with Crippen LogP contribution in [0.3, 0.4) is 0 Å². The molecule has 4 N–H and O–H groups in total. The van der Waals surface area contributed by atoms with Gasteiger partial charge in [0.25, 0.3) is 0 Å². The fraction of sp³-hybridized carbons (Fsp3) is 0.263. The summed E-state index contributed by atoms with van der Waals surface area (Å²) in [6.07, 6.45) is 7.32. The first-order valence-electron chi connectivity index (χ1n) is 9.06. The molecule has 0 aliphatic carbocycles. The Bertz CT molecular complexity index is 974. The minimum absolute atomic E-state index is 0. The van der Waals surface area contributed by atoms with Gasteiger partial charge in [0.2, 0.25) is 5.91 Å². The maximum absolute atomic E-state index is 11.5. The molecule has 3 rings (SSSR count). The van der Waals surface area contributed by atoms with E-state index in [9.17, 15) is 4.79 Å². The lowest BCUT2D eigenvalue weighted by Gasteiger charge is -2.34. The van der Waals surface area contributed by atoms with Gasteiger partial charge in [-0.3, -0.25) is 9.79 Å². The summed E-state index contributed by atoms with van der Waals surface area (Å²) in [6.45, 7) is 8.14. The summed E-state index contributed by atoms with van der Waals surface area (Å²) < 4.78 is 0. The fourth-order valence-electron chi connectivity index (χ4n) is 2.82. The van der Waals surface area contributed by atoms with Crippen LogP contribution in [-0.2, 0) is 4.79 Å². The van der Waals surface area contributed by atoms with Gasteiger partial charge in [0.15, 0.2) is 5.82 Å². The molecule has 10 nitrogen and oxygen atoms in total. The maximum atomic E-state index is 11.5. The molecule has 29 heavy (non-hydrogen) atoms. The molecule has 1 saturated heterocycles. The van der Waals surface area contributed by atoms with E-state index in [-0.39, 0.29) is 7.33 Å². The lowest BCUT2D eigenvalue weighted by atomic mass is 10.3. The molecule has 3 heterocycles. The molecular weight excluding hydrogens is 370 g/mol. The Balaban J connectivity index is 0.00000320. The third kappa shape index (κ3) is 4.92. The number of piperazine rings is 1. The monoisotopic (exact) mass is 395 g/mol. The van der Waals surface area contributed by atoms with E-state index in [2.05, 4.69) is 36.4 Å². The molecule has 0 saturated carbocycles. The molecule has 0 bridgehead atoms. The normalized spacial score (nSPS) is 15.0. The third-order valence-corrected chi connectivity index (χ3v) is 4.47. The maximum Gasteiger partial charge on any atom is 0.219 e. The number of carbonyl (C=O) groups is 1. The van der Waals surface area contributed by atoms with E-state index in [1.807, 2.05) is 11.0 Å². The van der Waals surface area contributed by atoms with Gasteiger partial charge >= 0.3 is 0 Å². The van der Waals surface area contributed by atoms with Crippen molar-refractivity contribution in [2.24, 2.45) is 10.7 Å². The van der Waals surface area contributed by atoms with Crippen LogP contribution in [0.1, 0.15) is 14.2 Å². The predicted octanol–water partition coefficient (Wildman–Crippen LogP) is 1.21. The zero-order chi connectivity index (χ0) is 20.8. The first-order chi connectivity index (χ1) is 14.0. The highest BCUT2D eigenvalue weighted by molar-refractivity contribution is 5.78. The molecule has 1 aliphatic rings. The number of allylic oxidation sites excluding steroid dienone is 1. The van der Waals surface area contributed by atoms with Crippen LogP contribution < -0.4 is 10.6 Å². The first kappa shape index (κ1) is 19.9. The zero-order valence-corrected chi connectivity index (χ0v) is 16.2. The largest absolute Gasteiger partial charge is 0.397 e. The smallest absolute Gasteiger partial charge is 0.219 e. The topological polar surface area (TPSA) is 140 Å². The van der Waals surface area contributed by atoms with Crippen LogP contribution in [0, 0.1) is 5.41 Å². The highest BCUT2D eigenvalue weighted by Gasteiger charge is 2.20. The number of anilines is 1. The van der Waals surface area contributed by atoms with Crippen molar-refractivity contribution in [3.8, 4) is 11.5 Å². The second-order valence-corrected chi connectivity index (χ2v) is 6.41. The number of aromatic amines is 1. The van der Waals surface area contributed by atoms with Crippen molar-refractivity contribution in [1.82, 2.24) is 24.8 Å². The third-order valence-electron chi connectivity index (χ3n) is 4.47. The van der Waals surface area contributed by atoms with Crippen LogP contribution >= 0.6 is 0 Å². The Labute approximate surface area is 169 Å². The molecule has 152 valence electrons. The van der Waals surface area contributed by atoms with Crippen molar-refractivity contribution >= 4 is 24.2 Å². The van der Waals surface area contributed by atoms with Gasteiger partial charge in [0, 0.05) is 46.9 Å². The quantitative estimate of drug-likeness (QED) is 0.496. The number of nitrogens with one attached hydrogen (secondary N) is 2. The number of hydrogen-bond donors (Lipinski definition) is 3. The number of aromatic nitrogens is 4. The van der Waals surface area contributed by atoms with Gasteiger partial charge in [-0.05, 0) is 12.1 Å². The number of rotatable bonds is 6. The lowest BCUT2D eigenvalue weighted by Crippen LogP contribution is -2.48. The molecule has 0 spiro atoms. The number of hydrogen-bond acceptors (Lipinski definition) is 8. The van der Waals surface area contributed by atoms with Crippen molar-refractivity contribution in [3.05, 3.63) is 48.3 Å². The van der Waals surface area contributed by atoms with Crippen LogP contribution in [0.5, 0.6) is 0 Å². The van der Waals surface area contributed by atoms with Crippen molar-refractivity contribution in [2.45, 2.75) is 6.92 Å². The van der Waals surface area contributed by atoms with E-state index in [0.29, 0.717) is 41.8 Å². The number of aliphatic imine (C=N–C) groups is 1. The van der Waals surface area contributed by atoms with E-state index in [1.54, 1.807) is 19.3 Å². The first-order valence-corrected chi connectivity index (χ1v) is 9.06. The number of nitrogens with zero attached hydrogens (tertiary/aromatic N) is 6. The molecule has 1 amide bonds. The predicted molar refractivity (Wildman–Crippen MR) is 114 cm³/mol. The van der Waals surface area contributed by atoms with Crippen molar-refractivity contribution in [3.63, 3.8) is 0 Å². The minimum atomic E-state index is 0. The molecule has 10 heteroatoms. The molecule has 2 aromatic heterocycles. The fourth-order valence-corrected chi connectivity index (χ4v) is 2.82. The molecule has 0 aromatic carbocycles. The summed E-state index contributed by atoms with van der Waals surface area (Å²) in [6, 6.07) is 1.86. The Kier molecular flexibility index (Phi) is 6.12. The van der Waals surface area contributed by atoms with Gasteiger partial charge in [0.1, 0.15) is 17.3 Å². The van der Waals surface area contributed by atoms with E-state index < -0.39 is 0 Å².